The van der Waals surface area contributed by atoms with Crippen LogP contribution in [0.25, 0.3) is 0 Å². The standard InChI is InChI=1S/C17H17F3N2O3S2/c1-2-9-3-5-12-10(7-9)8-13(26-12)17(23)21-22-27(24,25)14-6-4-11(18)15(19)16(14)20/h4,6,8-9,22H,2-3,5,7H2,1H3,(H,21,23)/t9-/m1/s1. The number of rotatable bonds is 5. The molecule has 2 N–H and O–H groups in total. The number of hydrogen-bond acceptors (Lipinski definition) is 4. The largest absolute Gasteiger partial charge is 0.276 e. The van der Waals surface area contributed by atoms with Crippen LogP contribution in [0, 0.1) is 23.4 Å². The van der Waals surface area contributed by atoms with Crippen LogP contribution in [-0.4, -0.2) is 14.3 Å². The summed E-state index contributed by atoms with van der Waals surface area (Å²) in [4.78, 5) is 14.3. The quantitative estimate of drug-likeness (QED) is 0.578. The molecule has 1 amide bonds. The predicted molar refractivity (Wildman–Crippen MR) is 94.2 cm³/mol. The van der Waals surface area contributed by atoms with Crippen molar-refractivity contribution in [2.75, 3.05) is 0 Å². The summed E-state index contributed by atoms with van der Waals surface area (Å²) in [6.45, 7) is 2.11. The third-order valence-electron chi connectivity index (χ3n) is 4.57. The average molecular weight is 418 g/mol. The smallest absolute Gasteiger partial charge is 0.273 e. The predicted octanol–water partition coefficient (Wildman–Crippen LogP) is 3.30. The van der Waals surface area contributed by atoms with E-state index in [1.54, 1.807) is 10.9 Å². The third-order valence-corrected chi connectivity index (χ3v) is 7.08. The molecule has 0 bridgehead atoms. The summed E-state index contributed by atoms with van der Waals surface area (Å²) in [5.74, 6) is -5.40. The fraction of sp³-hybridized carbons (Fsp3) is 0.353. The highest BCUT2D eigenvalue weighted by molar-refractivity contribution is 7.89. The van der Waals surface area contributed by atoms with Crippen molar-refractivity contribution in [1.82, 2.24) is 10.3 Å². The normalized spacial score (nSPS) is 16.8. The average Bonchev–Trinajstić information content (AvgIpc) is 3.07. The van der Waals surface area contributed by atoms with Crippen molar-refractivity contribution in [1.29, 1.82) is 0 Å². The Balaban J connectivity index is 1.72. The lowest BCUT2D eigenvalue weighted by Gasteiger charge is -2.19. The summed E-state index contributed by atoms with van der Waals surface area (Å²) in [6, 6.07) is 2.80. The van der Waals surface area contributed by atoms with E-state index >= 15 is 0 Å². The first-order valence-electron chi connectivity index (χ1n) is 8.30. The number of thiophene rings is 1. The Kier molecular flexibility index (Phi) is 5.59. The molecule has 1 aliphatic carbocycles. The molecule has 0 aliphatic heterocycles. The van der Waals surface area contributed by atoms with Crippen LogP contribution in [0.2, 0.25) is 0 Å². The first-order chi connectivity index (χ1) is 12.7. The van der Waals surface area contributed by atoms with Gasteiger partial charge in [-0.05, 0) is 48.9 Å². The summed E-state index contributed by atoms with van der Waals surface area (Å²) < 4.78 is 64.0. The number of benzene rings is 1. The highest BCUT2D eigenvalue weighted by Crippen LogP contribution is 2.33. The van der Waals surface area contributed by atoms with Gasteiger partial charge in [0.05, 0.1) is 4.88 Å². The maximum absolute atomic E-state index is 13.7. The number of hydrazine groups is 1. The van der Waals surface area contributed by atoms with Crippen molar-refractivity contribution in [2.45, 2.75) is 37.5 Å². The maximum Gasteiger partial charge on any atom is 0.276 e. The minimum absolute atomic E-state index is 0.324. The molecule has 0 spiro atoms. The molecule has 0 unspecified atom stereocenters. The van der Waals surface area contributed by atoms with Crippen LogP contribution >= 0.6 is 11.3 Å². The number of aryl methyl sites for hydroxylation is 1. The molecule has 3 rings (SSSR count). The van der Waals surface area contributed by atoms with E-state index in [1.807, 2.05) is 5.43 Å². The molecule has 1 heterocycles. The lowest BCUT2D eigenvalue weighted by molar-refractivity contribution is 0.0949. The van der Waals surface area contributed by atoms with Gasteiger partial charge in [-0.2, -0.15) is 0 Å². The van der Waals surface area contributed by atoms with Crippen LogP contribution in [-0.2, 0) is 22.9 Å². The summed E-state index contributed by atoms with van der Waals surface area (Å²) in [5, 5.41) is 0. The first-order valence-corrected chi connectivity index (χ1v) is 10.6. The van der Waals surface area contributed by atoms with Crippen LogP contribution in [0.4, 0.5) is 13.2 Å². The molecular formula is C17H17F3N2O3S2. The molecule has 1 aromatic carbocycles. The van der Waals surface area contributed by atoms with Crippen molar-refractivity contribution in [3.63, 3.8) is 0 Å². The molecule has 0 saturated carbocycles. The molecule has 0 saturated heterocycles. The van der Waals surface area contributed by atoms with Gasteiger partial charge in [0.25, 0.3) is 15.9 Å². The molecule has 27 heavy (non-hydrogen) atoms. The number of carbonyl (C=O) groups is 1. The lowest BCUT2D eigenvalue weighted by Crippen LogP contribution is -2.41. The van der Waals surface area contributed by atoms with Crippen molar-refractivity contribution in [3.05, 3.63) is 51.0 Å². The van der Waals surface area contributed by atoms with Crippen molar-refractivity contribution >= 4 is 27.3 Å². The fourth-order valence-electron chi connectivity index (χ4n) is 3.01. The highest BCUT2D eigenvalue weighted by Gasteiger charge is 2.26. The van der Waals surface area contributed by atoms with Crippen molar-refractivity contribution in [3.8, 4) is 0 Å². The summed E-state index contributed by atoms with van der Waals surface area (Å²) in [7, 11) is -4.61. The van der Waals surface area contributed by atoms with Crippen LogP contribution in [0.5, 0.6) is 0 Å². The molecular weight excluding hydrogens is 401 g/mol. The maximum atomic E-state index is 13.7. The molecule has 0 radical (unpaired) electrons. The first kappa shape index (κ1) is 19.8. The Labute approximate surface area is 158 Å². The van der Waals surface area contributed by atoms with E-state index in [1.165, 1.54) is 11.3 Å². The monoisotopic (exact) mass is 418 g/mol. The van der Waals surface area contributed by atoms with E-state index in [0.717, 1.165) is 36.1 Å². The Morgan fingerprint density at radius 1 is 1.26 bits per heavy atom. The molecule has 2 aromatic rings. The van der Waals surface area contributed by atoms with Gasteiger partial charge in [-0.3, -0.25) is 10.2 Å². The van der Waals surface area contributed by atoms with Gasteiger partial charge in [-0.15, -0.1) is 16.2 Å². The number of fused-ring (bicyclic) bond motifs is 1. The number of halogens is 3. The number of carbonyl (C=O) groups excluding carboxylic acids is 1. The molecule has 1 aliphatic rings. The summed E-state index contributed by atoms with van der Waals surface area (Å²) in [6.07, 6.45) is 3.85. The van der Waals surface area contributed by atoms with E-state index in [9.17, 15) is 26.4 Å². The van der Waals surface area contributed by atoms with Gasteiger partial charge in [0.2, 0.25) is 0 Å². The van der Waals surface area contributed by atoms with Gasteiger partial charge >= 0.3 is 0 Å². The number of nitrogens with one attached hydrogen (secondary N) is 2. The number of hydrogen-bond donors (Lipinski definition) is 2. The van der Waals surface area contributed by atoms with Crippen molar-refractivity contribution < 1.29 is 26.4 Å². The molecule has 1 atom stereocenters. The van der Waals surface area contributed by atoms with Crippen LogP contribution < -0.4 is 10.3 Å². The van der Waals surface area contributed by atoms with Gasteiger partial charge in [-0.1, -0.05) is 13.3 Å². The van der Waals surface area contributed by atoms with E-state index < -0.39 is 38.3 Å². The zero-order chi connectivity index (χ0) is 19.8. The van der Waals surface area contributed by atoms with E-state index in [-0.39, 0.29) is 0 Å². The van der Waals surface area contributed by atoms with Crippen LogP contribution in [0.1, 0.15) is 39.9 Å². The SMILES string of the molecule is CC[C@@H]1CCc2sc(C(=O)NNS(=O)(=O)c3ccc(F)c(F)c3F)cc2C1. The number of sulfonamides is 1. The van der Waals surface area contributed by atoms with Gasteiger partial charge in [0, 0.05) is 4.88 Å². The molecule has 146 valence electrons. The van der Waals surface area contributed by atoms with Crippen LogP contribution in [0.15, 0.2) is 23.1 Å². The Hall–Kier alpha value is -1.91. The Morgan fingerprint density at radius 3 is 2.70 bits per heavy atom. The highest BCUT2D eigenvalue weighted by atomic mass is 32.2. The summed E-state index contributed by atoms with van der Waals surface area (Å²) >= 11 is 1.28. The third kappa shape index (κ3) is 4.02. The van der Waals surface area contributed by atoms with Gasteiger partial charge in [-0.25, -0.2) is 21.6 Å². The molecule has 5 nitrogen and oxygen atoms in total. The van der Waals surface area contributed by atoms with Gasteiger partial charge in [0.1, 0.15) is 4.90 Å². The van der Waals surface area contributed by atoms with E-state index in [4.69, 9.17) is 0 Å². The molecule has 1 aromatic heterocycles. The minimum atomic E-state index is -4.61. The topological polar surface area (TPSA) is 75.3 Å². The van der Waals surface area contributed by atoms with Gasteiger partial charge < -0.3 is 0 Å². The number of amides is 1. The zero-order valence-corrected chi connectivity index (χ0v) is 15.9. The summed E-state index contributed by atoms with van der Waals surface area (Å²) in [5.41, 5.74) is 3.07. The Bertz CT molecular complexity index is 990. The minimum Gasteiger partial charge on any atom is -0.273 e. The second-order valence-electron chi connectivity index (χ2n) is 6.31. The van der Waals surface area contributed by atoms with E-state index in [2.05, 4.69) is 6.92 Å². The zero-order valence-electron chi connectivity index (χ0n) is 14.3. The molecule has 10 heteroatoms. The lowest BCUT2D eigenvalue weighted by atomic mass is 9.87. The van der Waals surface area contributed by atoms with Crippen LogP contribution in [0.3, 0.4) is 0 Å². The van der Waals surface area contributed by atoms with Gasteiger partial charge in [0.15, 0.2) is 17.5 Å². The molecule has 0 fully saturated rings. The van der Waals surface area contributed by atoms with E-state index in [0.29, 0.717) is 22.9 Å². The van der Waals surface area contributed by atoms with Crippen molar-refractivity contribution in [2.24, 2.45) is 5.92 Å². The second kappa shape index (κ2) is 7.61. The fourth-order valence-corrected chi connectivity index (χ4v) is 5.02. The Morgan fingerprint density at radius 2 is 2.00 bits per heavy atom. The second-order valence-corrected chi connectivity index (χ2v) is 9.10.